The van der Waals surface area contributed by atoms with Crippen LogP contribution in [-0.4, -0.2) is 49.7 Å². The molecule has 35 heavy (non-hydrogen) atoms. The van der Waals surface area contributed by atoms with Gasteiger partial charge < -0.3 is 19.9 Å². The lowest BCUT2D eigenvalue weighted by Crippen LogP contribution is -2.46. The number of nitrogens with zero attached hydrogens (tertiary/aromatic N) is 5. The molecule has 1 saturated heterocycles. The van der Waals surface area contributed by atoms with Crippen molar-refractivity contribution in [3.63, 3.8) is 0 Å². The van der Waals surface area contributed by atoms with E-state index in [0.29, 0.717) is 34.0 Å². The molecule has 2 N–H and O–H groups in total. The third kappa shape index (κ3) is 4.14. The molecule has 3 aromatic heterocycles. The summed E-state index contributed by atoms with van der Waals surface area (Å²) in [4.78, 5) is 19.8. The van der Waals surface area contributed by atoms with Crippen LogP contribution in [0.4, 0.5) is 15.8 Å². The number of rotatable bonds is 5. The van der Waals surface area contributed by atoms with Gasteiger partial charge in [-0.25, -0.2) is 9.37 Å². The van der Waals surface area contributed by atoms with Crippen LogP contribution >= 0.6 is 0 Å². The minimum Gasteiger partial charge on any atom is -0.371 e. The number of aromatic nitrogens is 4. The van der Waals surface area contributed by atoms with Gasteiger partial charge in [0.1, 0.15) is 5.52 Å². The molecule has 8 nitrogen and oxygen atoms in total. The van der Waals surface area contributed by atoms with E-state index in [9.17, 15) is 9.18 Å². The first kappa shape index (κ1) is 22.0. The van der Waals surface area contributed by atoms with Gasteiger partial charge in [-0.15, -0.1) is 0 Å². The summed E-state index contributed by atoms with van der Waals surface area (Å²) < 4.78 is 17.8. The number of nitrogens with one attached hydrogen (secondary N) is 2. The molecule has 0 unspecified atom stereocenters. The smallest absolute Gasteiger partial charge is 0.257 e. The van der Waals surface area contributed by atoms with Crippen LogP contribution in [0.5, 0.6) is 0 Å². The van der Waals surface area contributed by atoms with Crippen LogP contribution in [0.25, 0.3) is 16.6 Å². The molecule has 0 radical (unpaired) electrons. The number of carbonyl (C=O) groups excluding carboxylic acids is 1. The molecule has 2 fully saturated rings. The van der Waals surface area contributed by atoms with Crippen molar-refractivity contribution in [2.45, 2.75) is 51.1 Å². The van der Waals surface area contributed by atoms with Crippen LogP contribution in [0.3, 0.4) is 0 Å². The summed E-state index contributed by atoms with van der Waals surface area (Å²) in [5, 5.41) is 12.2. The predicted molar refractivity (Wildman–Crippen MR) is 135 cm³/mol. The lowest BCUT2D eigenvalue weighted by atomic mass is 10.0. The normalized spacial score (nSPS) is 17.9. The number of imidazole rings is 1. The van der Waals surface area contributed by atoms with E-state index in [1.807, 2.05) is 25.4 Å². The highest BCUT2D eigenvalue weighted by atomic mass is 19.1. The molecule has 2 aliphatic rings. The second kappa shape index (κ2) is 8.05. The SMILES string of the molecule is Cc1cn2cc(NC(=O)c3ccc(N4CCC(NC5(C)CC5)CC4)c4cn(C)nc34)cc(F)c2n1. The van der Waals surface area contributed by atoms with Gasteiger partial charge in [-0.2, -0.15) is 5.10 Å². The Labute approximate surface area is 203 Å². The van der Waals surface area contributed by atoms with Crippen molar-refractivity contribution in [2.24, 2.45) is 7.05 Å². The van der Waals surface area contributed by atoms with E-state index in [0.717, 1.165) is 37.0 Å². The zero-order chi connectivity index (χ0) is 24.3. The lowest BCUT2D eigenvalue weighted by molar-refractivity contribution is 0.102. The van der Waals surface area contributed by atoms with Crippen LogP contribution in [0, 0.1) is 12.7 Å². The molecule has 1 saturated carbocycles. The van der Waals surface area contributed by atoms with Crippen LogP contribution in [-0.2, 0) is 7.05 Å². The van der Waals surface area contributed by atoms with Crippen LogP contribution < -0.4 is 15.5 Å². The summed E-state index contributed by atoms with van der Waals surface area (Å²) in [6.07, 6.45) is 10.1. The largest absolute Gasteiger partial charge is 0.371 e. The zero-order valence-corrected chi connectivity index (χ0v) is 20.3. The number of halogens is 1. The van der Waals surface area contributed by atoms with E-state index in [1.165, 1.54) is 18.9 Å². The summed E-state index contributed by atoms with van der Waals surface area (Å²) in [6, 6.07) is 5.69. The van der Waals surface area contributed by atoms with Gasteiger partial charge in [-0.1, -0.05) is 0 Å². The Balaban J connectivity index is 1.25. The number of pyridine rings is 1. The second-order valence-corrected chi connectivity index (χ2v) is 10.3. The maximum atomic E-state index is 14.5. The fourth-order valence-corrected chi connectivity index (χ4v) is 5.20. The Morgan fingerprint density at radius 2 is 1.94 bits per heavy atom. The van der Waals surface area contributed by atoms with Crippen molar-refractivity contribution in [1.82, 2.24) is 24.5 Å². The number of amides is 1. The summed E-state index contributed by atoms with van der Waals surface area (Å²) in [6.45, 7) is 6.04. The second-order valence-electron chi connectivity index (χ2n) is 10.3. The van der Waals surface area contributed by atoms with E-state index >= 15 is 0 Å². The molecule has 0 bridgehead atoms. The van der Waals surface area contributed by atoms with Gasteiger partial charge in [0, 0.05) is 67.4 Å². The third-order valence-electron chi connectivity index (χ3n) is 7.29. The molecule has 1 aliphatic heterocycles. The Morgan fingerprint density at radius 3 is 2.69 bits per heavy atom. The number of hydrogen-bond donors (Lipinski definition) is 2. The number of hydrogen-bond acceptors (Lipinski definition) is 5. The number of benzene rings is 1. The predicted octanol–water partition coefficient (Wildman–Crippen LogP) is 4.03. The standard InChI is InChI=1S/C26H30FN7O/c1-16-13-34-14-18(12-21(27)24(34)28-16)29-25(35)19-4-5-22(20-15-32(3)31-23(19)20)33-10-6-17(7-11-33)30-26(2)8-9-26/h4-5,12-15,17,30H,6-11H2,1-3H3,(H,29,35). The minimum atomic E-state index is -0.484. The molecule has 1 aliphatic carbocycles. The first-order chi connectivity index (χ1) is 16.8. The average molecular weight is 476 g/mol. The Kier molecular flexibility index (Phi) is 5.07. The van der Waals surface area contributed by atoms with Crippen molar-refractivity contribution in [3.8, 4) is 0 Å². The van der Waals surface area contributed by atoms with Crippen LogP contribution in [0.1, 0.15) is 48.7 Å². The molecular formula is C26H30FN7O. The molecule has 4 heterocycles. The Hall–Kier alpha value is -3.46. The van der Waals surface area contributed by atoms with Gasteiger partial charge in [-0.3, -0.25) is 9.48 Å². The van der Waals surface area contributed by atoms with E-state index in [2.05, 4.69) is 32.5 Å². The maximum absolute atomic E-state index is 14.5. The van der Waals surface area contributed by atoms with Crippen LogP contribution in [0.15, 0.2) is 36.8 Å². The van der Waals surface area contributed by atoms with E-state index in [4.69, 9.17) is 0 Å². The summed E-state index contributed by atoms with van der Waals surface area (Å²) in [5.74, 6) is -0.806. The van der Waals surface area contributed by atoms with Crippen LogP contribution in [0.2, 0.25) is 0 Å². The summed E-state index contributed by atoms with van der Waals surface area (Å²) >= 11 is 0. The highest BCUT2D eigenvalue weighted by molar-refractivity contribution is 6.13. The van der Waals surface area contributed by atoms with Crippen molar-refractivity contribution in [2.75, 3.05) is 23.3 Å². The highest BCUT2D eigenvalue weighted by Crippen LogP contribution is 2.37. The number of fused-ring (bicyclic) bond motifs is 2. The molecular weight excluding hydrogens is 445 g/mol. The molecule has 1 amide bonds. The van der Waals surface area contributed by atoms with Crippen molar-refractivity contribution < 1.29 is 9.18 Å². The minimum absolute atomic E-state index is 0.238. The van der Waals surface area contributed by atoms with Crippen molar-refractivity contribution >= 4 is 33.8 Å². The topological polar surface area (TPSA) is 79.5 Å². The number of anilines is 2. The van der Waals surface area contributed by atoms with Gasteiger partial charge in [0.15, 0.2) is 11.5 Å². The summed E-state index contributed by atoms with van der Waals surface area (Å²) in [7, 11) is 1.86. The van der Waals surface area contributed by atoms with Gasteiger partial charge >= 0.3 is 0 Å². The molecule has 4 aromatic rings. The van der Waals surface area contributed by atoms with Gasteiger partial charge in [-0.05, 0) is 51.7 Å². The number of aryl methyl sites for hydroxylation is 2. The zero-order valence-electron chi connectivity index (χ0n) is 20.3. The molecule has 182 valence electrons. The van der Waals surface area contributed by atoms with Gasteiger partial charge in [0.25, 0.3) is 5.91 Å². The Bertz CT molecular complexity index is 1440. The Morgan fingerprint density at radius 1 is 1.17 bits per heavy atom. The quantitative estimate of drug-likeness (QED) is 0.456. The molecule has 9 heteroatoms. The van der Waals surface area contributed by atoms with Crippen molar-refractivity contribution in [1.29, 1.82) is 0 Å². The molecule has 1 aromatic carbocycles. The lowest BCUT2D eigenvalue weighted by Gasteiger charge is -2.35. The summed E-state index contributed by atoms with van der Waals surface area (Å²) in [5.41, 5.74) is 3.87. The van der Waals surface area contributed by atoms with Crippen molar-refractivity contribution in [3.05, 3.63) is 53.9 Å². The van der Waals surface area contributed by atoms with E-state index in [-0.39, 0.29) is 11.6 Å². The first-order valence-electron chi connectivity index (χ1n) is 12.2. The highest BCUT2D eigenvalue weighted by Gasteiger charge is 2.39. The van der Waals surface area contributed by atoms with Gasteiger partial charge in [0.05, 0.1) is 16.9 Å². The average Bonchev–Trinajstić information content (AvgIpc) is 3.21. The fourth-order valence-electron chi connectivity index (χ4n) is 5.20. The molecule has 0 spiro atoms. The maximum Gasteiger partial charge on any atom is 0.257 e. The number of piperidine rings is 1. The number of carbonyl (C=O) groups is 1. The first-order valence-corrected chi connectivity index (χ1v) is 12.2. The molecule has 6 rings (SSSR count). The monoisotopic (exact) mass is 475 g/mol. The third-order valence-corrected chi connectivity index (χ3v) is 7.29. The molecule has 0 atom stereocenters. The fraction of sp³-hybridized carbons (Fsp3) is 0.423. The van der Waals surface area contributed by atoms with E-state index < -0.39 is 5.82 Å². The van der Waals surface area contributed by atoms with E-state index in [1.54, 1.807) is 28.4 Å². The van der Waals surface area contributed by atoms with Gasteiger partial charge in [0.2, 0.25) is 0 Å².